The molecule has 0 radical (unpaired) electrons. The van der Waals surface area contributed by atoms with Gasteiger partial charge in [0.05, 0.1) is 11.9 Å². The van der Waals surface area contributed by atoms with E-state index < -0.39 is 24.7 Å². The molecule has 0 atom stereocenters. The van der Waals surface area contributed by atoms with E-state index in [0.29, 0.717) is 10.5 Å². The molecular formula is C12H14BrF5N2O3. The summed E-state index contributed by atoms with van der Waals surface area (Å²) in [4.78, 5) is 26.0. The number of allylic oxidation sites excluding steroid dienone is 1. The first-order valence-corrected chi connectivity index (χ1v) is 7.14. The van der Waals surface area contributed by atoms with Gasteiger partial charge in [0.2, 0.25) is 6.41 Å². The van der Waals surface area contributed by atoms with Crippen molar-refractivity contribution in [2.75, 3.05) is 25.5 Å². The number of nitrogens with zero attached hydrogens (tertiary/aromatic N) is 2. The number of ether oxygens (including phenoxy) is 1. The summed E-state index contributed by atoms with van der Waals surface area (Å²) in [5, 5.41) is 0.0639. The Morgan fingerprint density at radius 2 is 1.87 bits per heavy atom. The maximum Gasteiger partial charge on any atom is 0.456 e. The Kier molecular flexibility index (Phi) is 8.35. The number of hydrogen-bond acceptors (Lipinski definition) is 4. The molecule has 0 bridgehead atoms. The molecule has 0 aliphatic heterocycles. The Morgan fingerprint density at radius 3 is 2.30 bits per heavy atom. The molecule has 0 aromatic heterocycles. The van der Waals surface area contributed by atoms with Crippen LogP contribution in [0.2, 0.25) is 0 Å². The van der Waals surface area contributed by atoms with Crippen LogP contribution in [0.15, 0.2) is 16.6 Å². The summed E-state index contributed by atoms with van der Waals surface area (Å²) in [6.45, 7) is -0.785. The van der Waals surface area contributed by atoms with Crippen molar-refractivity contribution in [2.45, 2.75) is 19.0 Å². The van der Waals surface area contributed by atoms with Crippen LogP contribution in [-0.2, 0) is 14.3 Å². The zero-order valence-corrected chi connectivity index (χ0v) is 13.7. The van der Waals surface area contributed by atoms with Crippen LogP contribution in [0.4, 0.5) is 22.0 Å². The van der Waals surface area contributed by atoms with Crippen LogP contribution in [0.1, 0.15) is 6.92 Å². The molecule has 0 aliphatic carbocycles. The van der Waals surface area contributed by atoms with Crippen molar-refractivity contribution in [2.24, 2.45) is 4.99 Å². The van der Waals surface area contributed by atoms with Gasteiger partial charge in [0.1, 0.15) is 0 Å². The number of aliphatic imine (C=N–C) groups is 1. The van der Waals surface area contributed by atoms with Gasteiger partial charge in [0.15, 0.2) is 12.4 Å². The second-order valence-electron chi connectivity index (χ2n) is 4.27. The number of ketones is 1. The fourth-order valence-electron chi connectivity index (χ4n) is 1.02. The van der Waals surface area contributed by atoms with Crippen molar-refractivity contribution in [3.63, 3.8) is 0 Å². The molecule has 0 aromatic rings. The van der Waals surface area contributed by atoms with E-state index in [1.54, 1.807) is 0 Å². The van der Waals surface area contributed by atoms with Crippen LogP contribution in [0.3, 0.4) is 0 Å². The van der Waals surface area contributed by atoms with Gasteiger partial charge in [-0.15, -0.1) is 0 Å². The minimum absolute atomic E-state index is 0.0639. The number of Topliss-reactive ketones (excluding diaryl/α,β-unsaturated/α-hetero) is 1. The van der Waals surface area contributed by atoms with E-state index in [9.17, 15) is 31.5 Å². The third kappa shape index (κ3) is 7.06. The van der Waals surface area contributed by atoms with Gasteiger partial charge < -0.3 is 4.74 Å². The van der Waals surface area contributed by atoms with Crippen molar-refractivity contribution < 1.29 is 36.3 Å². The Labute approximate surface area is 137 Å². The number of hydrogen-bond donors (Lipinski definition) is 0. The average Bonchev–Trinajstić information content (AvgIpc) is 2.47. The molecule has 132 valence electrons. The van der Waals surface area contributed by atoms with E-state index >= 15 is 0 Å². The summed E-state index contributed by atoms with van der Waals surface area (Å²) in [5.74, 6) is -5.34. The molecule has 0 N–H and O–H groups in total. The maximum atomic E-state index is 12.8. The first kappa shape index (κ1) is 21.5. The first-order valence-electron chi connectivity index (χ1n) is 6.02. The molecule has 23 heavy (non-hydrogen) atoms. The smallest absolute Gasteiger partial charge is 0.456 e. The van der Waals surface area contributed by atoms with Crippen LogP contribution < -0.4 is 0 Å². The van der Waals surface area contributed by atoms with E-state index in [-0.39, 0.29) is 24.1 Å². The Morgan fingerprint density at radius 1 is 1.30 bits per heavy atom. The van der Waals surface area contributed by atoms with Crippen molar-refractivity contribution in [1.29, 1.82) is 0 Å². The van der Waals surface area contributed by atoms with E-state index in [4.69, 9.17) is 0 Å². The molecule has 0 heterocycles. The minimum atomic E-state index is -5.78. The fourth-order valence-corrected chi connectivity index (χ4v) is 1.46. The van der Waals surface area contributed by atoms with E-state index in [1.165, 1.54) is 13.0 Å². The monoisotopic (exact) mass is 408 g/mol. The Bertz CT molecular complexity index is 492. The number of halogens is 6. The van der Waals surface area contributed by atoms with E-state index in [2.05, 4.69) is 25.7 Å². The number of alkyl halides is 6. The third-order valence-corrected chi connectivity index (χ3v) is 2.95. The highest BCUT2D eigenvalue weighted by molar-refractivity contribution is 9.09. The predicted molar refractivity (Wildman–Crippen MR) is 75.6 cm³/mol. The van der Waals surface area contributed by atoms with Gasteiger partial charge >= 0.3 is 12.1 Å². The molecule has 0 saturated heterocycles. The zero-order valence-electron chi connectivity index (χ0n) is 12.2. The number of rotatable bonds is 7. The molecule has 0 fully saturated rings. The second-order valence-corrected chi connectivity index (χ2v) is 4.84. The minimum Gasteiger partial charge on any atom is -0.458 e. The number of carbonyl (C=O) groups is 2. The zero-order chi connectivity index (χ0) is 18.3. The molecule has 0 unspecified atom stereocenters. The Hall–Kier alpha value is -1.52. The summed E-state index contributed by atoms with van der Waals surface area (Å²) < 4.78 is 66.0. The van der Waals surface area contributed by atoms with Gasteiger partial charge in [-0.05, 0) is 12.5 Å². The summed E-state index contributed by atoms with van der Waals surface area (Å²) >= 11 is 2.94. The first-order chi connectivity index (χ1) is 10.5. The Balaban J connectivity index is 5.01. The summed E-state index contributed by atoms with van der Waals surface area (Å²) in [6, 6.07) is -0.723. The number of amidine groups is 1. The summed E-state index contributed by atoms with van der Waals surface area (Å²) in [6.07, 6.45) is -4.34. The second kappa shape index (κ2) is 8.94. The predicted octanol–water partition coefficient (Wildman–Crippen LogP) is 2.56. The standard InChI is InChI=1S/C12H14BrF5N2O3/c1-8(9(22)5-13)3-4-19-10(20(2)7-21)23-6-11(14,15)12(16,17)18/h3,7H,4-6H2,1-2H3/b8-3+,19-10?. The highest BCUT2D eigenvalue weighted by Crippen LogP contribution is 2.35. The van der Waals surface area contributed by atoms with Crippen LogP contribution in [-0.4, -0.2) is 60.7 Å². The van der Waals surface area contributed by atoms with Gasteiger partial charge in [-0.1, -0.05) is 22.0 Å². The largest absolute Gasteiger partial charge is 0.458 e. The lowest BCUT2D eigenvalue weighted by Crippen LogP contribution is -2.43. The van der Waals surface area contributed by atoms with Crippen LogP contribution in [0, 0.1) is 0 Å². The summed E-state index contributed by atoms with van der Waals surface area (Å²) in [7, 11) is 1.07. The molecule has 0 aromatic carbocycles. The van der Waals surface area contributed by atoms with Gasteiger partial charge in [0.25, 0.3) is 6.02 Å². The number of amides is 1. The van der Waals surface area contributed by atoms with Gasteiger partial charge in [-0.3, -0.25) is 14.5 Å². The number of carbonyl (C=O) groups excluding carboxylic acids is 2. The van der Waals surface area contributed by atoms with Gasteiger partial charge in [-0.2, -0.15) is 22.0 Å². The van der Waals surface area contributed by atoms with Gasteiger partial charge in [0, 0.05) is 7.05 Å². The van der Waals surface area contributed by atoms with Crippen molar-refractivity contribution in [3.05, 3.63) is 11.6 Å². The van der Waals surface area contributed by atoms with Crippen LogP contribution >= 0.6 is 15.9 Å². The quantitative estimate of drug-likeness (QED) is 0.162. The van der Waals surface area contributed by atoms with Gasteiger partial charge in [-0.25, -0.2) is 4.99 Å². The molecule has 0 spiro atoms. The molecular weight excluding hydrogens is 395 g/mol. The topological polar surface area (TPSA) is 59.0 Å². The highest BCUT2D eigenvalue weighted by Gasteiger charge is 2.58. The fraction of sp³-hybridized carbons (Fsp3) is 0.583. The lowest BCUT2D eigenvalue weighted by Gasteiger charge is -2.21. The lowest BCUT2D eigenvalue weighted by atomic mass is 10.2. The molecule has 5 nitrogen and oxygen atoms in total. The molecule has 0 aliphatic rings. The molecule has 11 heteroatoms. The normalized spacial score (nSPS) is 13.7. The molecule has 1 amide bonds. The maximum absolute atomic E-state index is 12.8. The van der Waals surface area contributed by atoms with E-state index in [0.717, 1.165) is 7.05 Å². The molecule has 0 rings (SSSR count). The van der Waals surface area contributed by atoms with Crippen molar-refractivity contribution in [3.8, 4) is 0 Å². The average molecular weight is 409 g/mol. The summed E-state index contributed by atoms with van der Waals surface area (Å²) in [5.41, 5.74) is 0.305. The van der Waals surface area contributed by atoms with Crippen LogP contribution in [0.5, 0.6) is 0 Å². The molecule has 0 saturated carbocycles. The van der Waals surface area contributed by atoms with Crippen molar-refractivity contribution >= 4 is 34.1 Å². The van der Waals surface area contributed by atoms with Crippen molar-refractivity contribution in [1.82, 2.24) is 4.90 Å². The highest BCUT2D eigenvalue weighted by atomic mass is 79.9. The van der Waals surface area contributed by atoms with E-state index in [1.807, 2.05) is 0 Å². The lowest BCUT2D eigenvalue weighted by molar-refractivity contribution is -0.291. The van der Waals surface area contributed by atoms with Crippen LogP contribution in [0.25, 0.3) is 0 Å². The SMILES string of the molecule is C/C(=C\CN=C(OCC(F)(F)C(F)(F)F)N(C)C=O)C(=O)CBr. The third-order valence-electron chi connectivity index (χ3n) is 2.44.